The first kappa shape index (κ1) is 15.1. The van der Waals surface area contributed by atoms with Gasteiger partial charge in [-0.3, -0.25) is 10.1 Å². The quantitative estimate of drug-likeness (QED) is 0.330. The van der Waals surface area contributed by atoms with Gasteiger partial charge in [0.25, 0.3) is 0 Å². The molecule has 0 fully saturated rings. The van der Waals surface area contributed by atoms with Gasteiger partial charge in [-0.1, -0.05) is 13.0 Å². The molecule has 1 rings (SSSR count). The first-order chi connectivity index (χ1) is 8.60. The molecule has 18 heavy (non-hydrogen) atoms. The predicted molar refractivity (Wildman–Crippen MR) is 74.9 cm³/mol. The molecule has 0 N–H and O–H groups in total. The molecule has 0 radical (unpaired) electrons. The third-order valence-corrected chi connectivity index (χ3v) is 4.13. The molecule has 0 amide bonds. The number of halogens is 1. The number of nitro groups is 1. The van der Waals surface area contributed by atoms with Crippen molar-refractivity contribution >= 4 is 29.1 Å². The van der Waals surface area contributed by atoms with Crippen LogP contribution in [0.2, 0.25) is 0 Å². The zero-order chi connectivity index (χ0) is 13.5. The molecule has 0 spiro atoms. The third-order valence-electron chi connectivity index (χ3n) is 2.23. The number of ether oxygens (including phenoxy) is 1. The average Bonchev–Trinajstić information content (AvgIpc) is 2.36. The molecule has 0 aliphatic heterocycles. The highest BCUT2D eigenvalue weighted by Crippen LogP contribution is 2.37. The number of nitro benzene ring substituents is 1. The lowest BCUT2D eigenvalue weighted by molar-refractivity contribution is -0.388. The van der Waals surface area contributed by atoms with Crippen molar-refractivity contribution in [2.75, 3.05) is 18.2 Å². The summed E-state index contributed by atoms with van der Waals surface area (Å²) in [5.74, 6) is 1.93. The maximum atomic E-state index is 11.1. The van der Waals surface area contributed by atoms with Gasteiger partial charge in [-0.05, 0) is 25.0 Å². The summed E-state index contributed by atoms with van der Waals surface area (Å²) >= 11 is 7.17. The van der Waals surface area contributed by atoms with Crippen LogP contribution in [-0.2, 0) is 0 Å². The van der Waals surface area contributed by atoms with E-state index in [2.05, 4.69) is 0 Å². The van der Waals surface area contributed by atoms with Crippen molar-refractivity contribution in [1.82, 2.24) is 0 Å². The molecule has 6 heteroatoms. The van der Waals surface area contributed by atoms with E-state index in [0.717, 1.165) is 5.75 Å². The lowest BCUT2D eigenvalue weighted by Gasteiger charge is -2.10. The zero-order valence-electron chi connectivity index (χ0n) is 10.4. The Morgan fingerprint density at radius 3 is 2.83 bits per heavy atom. The van der Waals surface area contributed by atoms with Crippen molar-refractivity contribution in [3.8, 4) is 5.75 Å². The molecule has 1 aromatic rings. The van der Waals surface area contributed by atoms with E-state index in [1.54, 1.807) is 25.1 Å². The van der Waals surface area contributed by atoms with Gasteiger partial charge in [0.2, 0.25) is 0 Å². The second kappa shape index (κ2) is 7.48. The molecule has 0 aliphatic carbocycles. The van der Waals surface area contributed by atoms with Crippen LogP contribution in [0.15, 0.2) is 23.1 Å². The Labute approximate surface area is 116 Å². The van der Waals surface area contributed by atoms with Crippen molar-refractivity contribution < 1.29 is 9.66 Å². The van der Waals surface area contributed by atoms with E-state index in [-0.39, 0.29) is 5.69 Å². The van der Waals surface area contributed by atoms with E-state index < -0.39 is 4.92 Å². The Morgan fingerprint density at radius 2 is 2.28 bits per heavy atom. The van der Waals surface area contributed by atoms with Crippen LogP contribution in [0.5, 0.6) is 5.75 Å². The summed E-state index contributed by atoms with van der Waals surface area (Å²) in [6, 6.07) is 5.13. The highest BCUT2D eigenvalue weighted by Gasteiger charge is 2.21. The molecule has 100 valence electrons. The molecule has 0 heterocycles. The van der Waals surface area contributed by atoms with Crippen LogP contribution in [0, 0.1) is 16.0 Å². The predicted octanol–water partition coefficient (Wildman–Crippen LogP) is 3.96. The largest absolute Gasteiger partial charge is 0.487 e. The van der Waals surface area contributed by atoms with E-state index in [9.17, 15) is 10.1 Å². The molecule has 0 bridgehead atoms. The van der Waals surface area contributed by atoms with Gasteiger partial charge in [-0.2, -0.15) is 0 Å². The second-order valence-electron chi connectivity index (χ2n) is 3.86. The number of para-hydroxylation sites is 1. The van der Waals surface area contributed by atoms with Crippen LogP contribution in [-0.4, -0.2) is 23.2 Å². The van der Waals surface area contributed by atoms with Gasteiger partial charge in [0.1, 0.15) is 0 Å². The normalized spacial score (nSPS) is 12.2. The second-order valence-corrected chi connectivity index (χ2v) is 5.23. The molecular formula is C12H16ClNO3S. The number of benzene rings is 1. The van der Waals surface area contributed by atoms with Crippen molar-refractivity contribution in [1.29, 1.82) is 0 Å². The van der Waals surface area contributed by atoms with Gasteiger partial charge in [-0.25, -0.2) is 0 Å². The molecule has 0 aliphatic rings. The van der Waals surface area contributed by atoms with Crippen LogP contribution in [0.4, 0.5) is 5.69 Å². The van der Waals surface area contributed by atoms with Crippen LogP contribution in [0.25, 0.3) is 0 Å². The smallest absolute Gasteiger partial charge is 0.324 e. The zero-order valence-corrected chi connectivity index (χ0v) is 12.0. The van der Waals surface area contributed by atoms with Crippen molar-refractivity contribution in [2.45, 2.75) is 18.7 Å². The van der Waals surface area contributed by atoms with E-state index in [4.69, 9.17) is 16.3 Å². The van der Waals surface area contributed by atoms with Crippen molar-refractivity contribution in [3.63, 3.8) is 0 Å². The number of thioether (sulfide) groups is 1. The van der Waals surface area contributed by atoms with E-state index >= 15 is 0 Å². The lowest BCUT2D eigenvalue weighted by Crippen LogP contribution is -2.02. The summed E-state index contributed by atoms with van der Waals surface area (Å²) in [7, 11) is 0. The van der Waals surface area contributed by atoms with Gasteiger partial charge in [0.05, 0.1) is 16.4 Å². The summed E-state index contributed by atoms with van der Waals surface area (Å²) in [5, 5.41) is 11.1. The van der Waals surface area contributed by atoms with Crippen LogP contribution in [0.3, 0.4) is 0 Å². The number of alkyl halides is 1. The fraction of sp³-hybridized carbons (Fsp3) is 0.500. The summed E-state index contributed by atoms with van der Waals surface area (Å²) in [6.45, 7) is 4.23. The highest BCUT2D eigenvalue weighted by molar-refractivity contribution is 7.99. The first-order valence-corrected chi connectivity index (χ1v) is 7.21. The van der Waals surface area contributed by atoms with Crippen molar-refractivity contribution in [2.24, 2.45) is 5.92 Å². The first-order valence-electron chi connectivity index (χ1n) is 5.69. The standard InChI is InChI=1S/C12H16ClNO3S/c1-3-17-10-5-4-6-11(12(10)14(15)16)18-8-9(2)7-13/h4-6,9H,3,7-8H2,1-2H3. The molecule has 0 saturated carbocycles. The number of hydrogen-bond acceptors (Lipinski definition) is 4. The minimum absolute atomic E-state index is 0.0473. The molecule has 0 saturated heterocycles. The molecule has 1 unspecified atom stereocenters. The third kappa shape index (κ3) is 4.07. The van der Waals surface area contributed by atoms with Gasteiger partial charge < -0.3 is 4.74 Å². The van der Waals surface area contributed by atoms with Crippen molar-refractivity contribution in [3.05, 3.63) is 28.3 Å². The highest BCUT2D eigenvalue weighted by atomic mass is 35.5. The Hall–Kier alpha value is -0.940. The van der Waals surface area contributed by atoms with E-state index in [1.165, 1.54) is 11.8 Å². The van der Waals surface area contributed by atoms with Gasteiger partial charge >= 0.3 is 5.69 Å². The Balaban J connectivity index is 2.95. The van der Waals surface area contributed by atoms with Crippen LogP contribution < -0.4 is 4.74 Å². The summed E-state index contributed by atoms with van der Waals surface area (Å²) in [4.78, 5) is 11.4. The van der Waals surface area contributed by atoms with E-state index in [1.807, 2.05) is 6.92 Å². The summed E-state index contributed by atoms with van der Waals surface area (Å²) < 4.78 is 5.29. The summed E-state index contributed by atoms with van der Waals surface area (Å²) in [5.41, 5.74) is 0.0473. The Morgan fingerprint density at radius 1 is 1.56 bits per heavy atom. The average molecular weight is 290 g/mol. The SMILES string of the molecule is CCOc1cccc(SCC(C)CCl)c1[N+](=O)[O-]. The maximum Gasteiger partial charge on any atom is 0.324 e. The number of nitrogens with zero attached hydrogens (tertiary/aromatic N) is 1. The fourth-order valence-corrected chi connectivity index (χ4v) is 2.65. The number of hydrogen-bond donors (Lipinski definition) is 0. The van der Waals surface area contributed by atoms with Gasteiger partial charge in [0.15, 0.2) is 5.75 Å². The monoisotopic (exact) mass is 289 g/mol. The summed E-state index contributed by atoms with van der Waals surface area (Å²) in [6.07, 6.45) is 0. The lowest BCUT2D eigenvalue weighted by atomic mass is 10.3. The minimum atomic E-state index is -0.390. The van der Waals surface area contributed by atoms with Gasteiger partial charge in [0, 0.05) is 11.6 Å². The topological polar surface area (TPSA) is 52.4 Å². The van der Waals surface area contributed by atoms with Crippen LogP contribution in [0.1, 0.15) is 13.8 Å². The molecule has 0 aromatic heterocycles. The van der Waals surface area contributed by atoms with E-state index in [0.29, 0.717) is 29.0 Å². The van der Waals surface area contributed by atoms with Gasteiger partial charge in [-0.15, -0.1) is 23.4 Å². The molecule has 4 nitrogen and oxygen atoms in total. The molecular weight excluding hydrogens is 274 g/mol. The fourth-order valence-electron chi connectivity index (χ4n) is 1.35. The maximum absolute atomic E-state index is 11.1. The number of rotatable bonds is 7. The Kier molecular flexibility index (Phi) is 6.29. The Bertz CT molecular complexity index is 414. The minimum Gasteiger partial charge on any atom is -0.487 e. The molecule has 1 aromatic carbocycles. The van der Waals surface area contributed by atoms with Crippen LogP contribution >= 0.6 is 23.4 Å². The molecule has 1 atom stereocenters.